The summed E-state index contributed by atoms with van der Waals surface area (Å²) in [4.78, 5) is 22.8. The standard InChI is InChI=1S/C17H20BrN3O3/c1-16(2)12-7-8-17(16,3)14(13(12)18)19-20-15(22)10-5-4-6-11(9-10)21(23)24/h4-6,9,12-13H,7-8H2,1-3H3,(H,20,22)/b19-14+/t12-,13-,17+/m1/s1. The maximum absolute atomic E-state index is 12.3. The number of halogens is 1. The normalized spacial score (nSPS) is 32.1. The fourth-order valence-electron chi connectivity index (χ4n) is 4.12. The van der Waals surface area contributed by atoms with Gasteiger partial charge in [0.15, 0.2) is 0 Å². The topological polar surface area (TPSA) is 84.6 Å². The van der Waals surface area contributed by atoms with Crippen LogP contribution in [0.2, 0.25) is 0 Å². The van der Waals surface area contributed by atoms with Gasteiger partial charge < -0.3 is 0 Å². The van der Waals surface area contributed by atoms with E-state index in [9.17, 15) is 14.9 Å². The number of hydrogen-bond donors (Lipinski definition) is 1. The summed E-state index contributed by atoms with van der Waals surface area (Å²) in [6, 6.07) is 5.65. The molecule has 0 spiro atoms. The first-order chi connectivity index (χ1) is 11.2. The number of nitrogens with one attached hydrogen (secondary N) is 1. The Morgan fingerprint density at radius 1 is 1.42 bits per heavy atom. The van der Waals surface area contributed by atoms with Crippen LogP contribution in [0, 0.1) is 26.9 Å². The van der Waals surface area contributed by atoms with Gasteiger partial charge in [-0.05, 0) is 30.2 Å². The average molecular weight is 394 g/mol. The molecule has 2 aliphatic rings. The molecule has 1 aromatic rings. The zero-order valence-corrected chi connectivity index (χ0v) is 15.5. The van der Waals surface area contributed by atoms with E-state index in [2.05, 4.69) is 47.2 Å². The monoisotopic (exact) mass is 393 g/mol. The highest BCUT2D eigenvalue weighted by atomic mass is 79.9. The molecule has 3 rings (SSSR count). The third-order valence-corrected chi connectivity index (χ3v) is 7.15. The highest BCUT2D eigenvalue weighted by Crippen LogP contribution is 2.65. The number of nitrogens with zero attached hydrogens (tertiary/aromatic N) is 2. The molecule has 0 unspecified atom stereocenters. The summed E-state index contributed by atoms with van der Waals surface area (Å²) in [6.07, 6.45) is 2.20. The largest absolute Gasteiger partial charge is 0.271 e. The summed E-state index contributed by atoms with van der Waals surface area (Å²) >= 11 is 3.74. The second kappa shape index (κ2) is 5.65. The van der Waals surface area contributed by atoms with Crippen LogP contribution in [-0.2, 0) is 0 Å². The van der Waals surface area contributed by atoms with Crippen molar-refractivity contribution in [2.24, 2.45) is 21.8 Å². The van der Waals surface area contributed by atoms with Crippen LogP contribution in [0.1, 0.15) is 44.0 Å². The first-order valence-corrected chi connectivity index (χ1v) is 8.87. The average Bonchev–Trinajstić information content (AvgIpc) is 2.84. The van der Waals surface area contributed by atoms with E-state index >= 15 is 0 Å². The van der Waals surface area contributed by atoms with Crippen LogP contribution in [0.25, 0.3) is 0 Å². The molecule has 2 aliphatic carbocycles. The Balaban J connectivity index is 1.83. The van der Waals surface area contributed by atoms with Gasteiger partial charge in [-0.15, -0.1) is 0 Å². The number of alkyl halides is 1. The number of carbonyl (C=O) groups is 1. The molecular weight excluding hydrogens is 374 g/mol. The van der Waals surface area contributed by atoms with Gasteiger partial charge in [0.05, 0.1) is 15.5 Å². The van der Waals surface area contributed by atoms with Gasteiger partial charge in [0.2, 0.25) is 0 Å². The minimum Gasteiger partial charge on any atom is -0.267 e. The SMILES string of the molecule is CC1(C)[C@@H]2CC[C@@]1(C)/C(=N/NC(=O)c1cccc([N+](=O)[O-])c1)[C@@H]2Br. The van der Waals surface area contributed by atoms with Crippen molar-refractivity contribution in [1.82, 2.24) is 5.43 Å². The Hall–Kier alpha value is -1.76. The van der Waals surface area contributed by atoms with Gasteiger partial charge in [0.1, 0.15) is 0 Å². The van der Waals surface area contributed by atoms with E-state index in [4.69, 9.17) is 0 Å². The third-order valence-electron chi connectivity index (χ3n) is 6.08. The van der Waals surface area contributed by atoms with E-state index in [1.165, 1.54) is 18.2 Å². The maximum Gasteiger partial charge on any atom is 0.271 e. The van der Waals surface area contributed by atoms with Crippen molar-refractivity contribution in [3.8, 4) is 0 Å². The Bertz CT molecular complexity index is 746. The van der Waals surface area contributed by atoms with Crippen molar-refractivity contribution in [1.29, 1.82) is 0 Å². The molecule has 1 aromatic carbocycles. The summed E-state index contributed by atoms with van der Waals surface area (Å²) in [5.41, 5.74) is 3.73. The van der Waals surface area contributed by atoms with Gasteiger partial charge in [-0.3, -0.25) is 14.9 Å². The van der Waals surface area contributed by atoms with E-state index in [0.717, 1.165) is 18.6 Å². The van der Waals surface area contributed by atoms with E-state index < -0.39 is 10.8 Å². The Morgan fingerprint density at radius 3 is 2.71 bits per heavy atom. The molecule has 7 heteroatoms. The van der Waals surface area contributed by atoms with Gasteiger partial charge in [-0.25, -0.2) is 5.43 Å². The van der Waals surface area contributed by atoms with Crippen LogP contribution < -0.4 is 5.43 Å². The van der Waals surface area contributed by atoms with Crippen LogP contribution in [0.3, 0.4) is 0 Å². The first-order valence-electron chi connectivity index (χ1n) is 7.95. The zero-order valence-electron chi connectivity index (χ0n) is 13.9. The molecule has 1 N–H and O–H groups in total. The predicted molar refractivity (Wildman–Crippen MR) is 95.3 cm³/mol. The van der Waals surface area contributed by atoms with E-state index in [1.54, 1.807) is 6.07 Å². The van der Waals surface area contributed by atoms with Gasteiger partial charge in [0.25, 0.3) is 11.6 Å². The predicted octanol–water partition coefficient (Wildman–Crippen LogP) is 3.90. The van der Waals surface area contributed by atoms with Crippen molar-refractivity contribution in [2.45, 2.75) is 38.4 Å². The van der Waals surface area contributed by atoms with Crippen LogP contribution >= 0.6 is 15.9 Å². The quantitative estimate of drug-likeness (QED) is 0.479. The zero-order chi connectivity index (χ0) is 17.7. The number of hydrogen-bond acceptors (Lipinski definition) is 4. The number of nitro groups is 1. The number of rotatable bonds is 3. The number of benzene rings is 1. The third kappa shape index (κ3) is 2.37. The summed E-state index contributed by atoms with van der Waals surface area (Å²) in [5, 5.41) is 15.2. The van der Waals surface area contributed by atoms with Crippen molar-refractivity contribution < 1.29 is 9.72 Å². The number of nitro benzene ring substituents is 1. The van der Waals surface area contributed by atoms with Gasteiger partial charge in [-0.2, -0.15) is 5.10 Å². The fraction of sp³-hybridized carbons (Fsp3) is 0.529. The minimum absolute atomic E-state index is 0.0538. The van der Waals surface area contributed by atoms with Crippen molar-refractivity contribution >= 4 is 33.2 Å². The molecule has 0 aliphatic heterocycles. The molecule has 0 saturated heterocycles. The number of carbonyl (C=O) groups excluding carboxylic acids is 1. The summed E-state index contributed by atoms with van der Waals surface area (Å²) in [6.45, 7) is 6.71. The molecule has 3 atom stereocenters. The molecule has 2 fully saturated rings. The molecule has 24 heavy (non-hydrogen) atoms. The summed E-state index contributed by atoms with van der Waals surface area (Å²) in [7, 11) is 0. The number of hydrazone groups is 1. The molecule has 0 aromatic heterocycles. The van der Waals surface area contributed by atoms with Gasteiger partial charge in [-0.1, -0.05) is 42.8 Å². The van der Waals surface area contributed by atoms with Crippen LogP contribution in [0.15, 0.2) is 29.4 Å². The first kappa shape index (κ1) is 17.1. The van der Waals surface area contributed by atoms with Crippen LogP contribution in [-0.4, -0.2) is 21.4 Å². The Labute approximate surface area is 149 Å². The van der Waals surface area contributed by atoms with Crippen LogP contribution in [0.5, 0.6) is 0 Å². The van der Waals surface area contributed by atoms with Crippen molar-refractivity contribution in [2.75, 3.05) is 0 Å². The minimum atomic E-state index is -0.517. The van der Waals surface area contributed by atoms with Crippen LogP contribution in [0.4, 0.5) is 5.69 Å². The molecular formula is C17H20BrN3O3. The molecule has 1 amide bonds. The Morgan fingerprint density at radius 2 is 2.12 bits per heavy atom. The lowest BCUT2D eigenvalue weighted by Gasteiger charge is -2.34. The highest BCUT2D eigenvalue weighted by Gasteiger charge is 2.64. The second-order valence-electron chi connectivity index (χ2n) is 7.35. The van der Waals surface area contributed by atoms with Gasteiger partial charge in [0, 0.05) is 23.1 Å². The fourth-order valence-corrected chi connectivity index (χ4v) is 5.66. The van der Waals surface area contributed by atoms with E-state index in [1.807, 2.05) is 0 Å². The second-order valence-corrected chi connectivity index (χ2v) is 8.33. The maximum atomic E-state index is 12.3. The summed E-state index contributed by atoms with van der Waals surface area (Å²) in [5.74, 6) is 0.0612. The van der Waals surface area contributed by atoms with Crippen molar-refractivity contribution in [3.05, 3.63) is 39.9 Å². The lowest BCUT2D eigenvalue weighted by molar-refractivity contribution is -0.384. The van der Waals surface area contributed by atoms with E-state index in [0.29, 0.717) is 5.92 Å². The lowest BCUT2D eigenvalue weighted by atomic mass is 9.70. The molecule has 128 valence electrons. The molecule has 0 radical (unpaired) electrons. The van der Waals surface area contributed by atoms with Crippen molar-refractivity contribution in [3.63, 3.8) is 0 Å². The lowest BCUT2D eigenvalue weighted by Crippen LogP contribution is -2.36. The molecule has 6 nitrogen and oxygen atoms in total. The summed E-state index contributed by atoms with van der Waals surface area (Å²) < 4.78 is 0. The molecule has 2 saturated carbocycles. The smallest absolute Gasteiger partial charge is 0.267 e. The number of non-ortho nitro benzene ring substituents is 1. The van der Waals surface area contributed by atoms with Gasteiger partial charge >= 0.3 is 0 Å². The number of fused-ring (bicyclic) bond motifs is 2. The number of amides is 1. The highest BCUT2D eigenvalue weighted by molar-refractivity contribution is 9.10. The molecule has 0 heterocycles. The molecule has 2 bridgehead atoms. The Kier molecular flexibility index (Phi) is 4.02. The van der Waals surface area contributed by atoms with E-state index in [-0.39, 0.29) is 26.9 Å².